The van der Waals surface area contributed by atoms with Gasteiger partial charge in [-0.3, -0.25) is 0 Å². The predicted molar refractivity (Wildman–Crippen MR) is 104 cm³/mol. The number of benzene rings is 2. The first-order chi connectivity index (χ1) is 12.8. The van der Waals surface area contributed by atoms with E-state index in [2.05, 4.69) is 52.5 Å². The number of para-hydroxylation sites is 1. The Kier molecular flexibility index (Phi) is 3.59. The third-order valence-electron chi connectivity index (χ3n) is 5.24. The largest absolute Gasteiger partial charge is 0.356 e. The van der Waals surface area contributed by atoms with E-state index in [0.29, 0.717) is 5.92 Å². The molecule has 26 heavy (non-hydrogen) atoms. The predicted octanol–water partition coefficient (Wildman–Crippen LogP) is 4.18. The molecule has 130 valence electrons. The van der Waals surface area contributed by atoms with Gasteiger partial charge in [0.2, 0.25) is 0 Å². The van der Waals surface area contributed by atoms with Gasteiger partial charge in [-0.2, -0.15) is 4.52 Å². The van der Waals surface area contributed by atoms with Gasteiger partial charge in [-0.15, -0.1) is 5.10 Å². The van der Waals surface area contributed by atoms with Crippen molar-refractivity contribution in [3.8, 4) is 11.3 Å². The van der Waals surface area contributed by atoms with Crippen molar-refractivity contribution in [2.75, 3.05) is 18.0 Å². The molecule has 1 aliphatic heterocycles. The van der Waals surface area contributed by atoms with Crippen molar-refractivity contribution < 1.29 is 0 Å². The summed E-state index contributed by atoms with van der Waals surface area (Å²) < 4.78 is 1.87. The first kappa shape index (κ1) is 15.3. The summed E-state index contributed by atoms with van der Waals surface area (Å²) in [7, 11) is 0. The number of aromatic nitrogens is 4. The summed E-state index contributed by atoms with van der Waals surface area (Å²) >= 11 is 0. The molecule has 5 heteroatoms. The highest BCUT2D eigenvalue weighted by molar-refractivity contribution is 5.93. The molecule has 2 aromatic carbocycles. The summed E-state index contributed by atoms with van der Waals surface area (Å²) in [6.07, 6.45) is 2.51. The molecule has 5 rings (SSSR count). The summed E-state index contributed by atoms with van der Waals surface area (Å²) in [5.74, 6) is 1.75. The first-order valence-corrected chi connectivity index (χ1v) is 9.26. The lowest BCUT2D eigenvalue weighted by molar-refractivity contribution is 0.445. The van der Waals surface area contributed by atoms with E-state index in [9.17, 15) is 0 Å². The number of fused-ring (bicyclic) bond motifs is 3. The Labute approximate surface area is 152 Å². The minimum absolute atomic E-state index is 0.692. The van der Waals surface area contributed by atoms with Crippen LogP contribution in [-0.2, 0) is 0 Å². The van der Waals surface area contributed by atoms with Crippen LogP contribution in [0, 0.1) is 5.92 Å². The summed E-state index contributed by atoms with van der Waals surface area (Å²) in [5.41, 5.74) is 3.76. The van der Waals surface area contributed by atoms with E-state index in [1.807, 2.05) is 28.8 Å². The van der Waals surface area contributed by atoms with Gasteiger partial charge in [0.25, 0.3) is 0 Å². The molecular formula is C21H21N5. The molecule has 0 radical (unpaired) electrons. The fraction of sp³-hybridized carbons (Fsp3) is 0.286. The lowest BCUT2D eigenvalue weighted by Crippen LogP contribution is -2.35. The molecule has 0 N–H and O–H groups in total. The number of piperidine rings is 1. The molecule has 1 unspecified atom stereocenters. The molecule has 1 aliphatic rings. The van der Waals surface area contributed by atoms with Gasteiger partial charge in [0.05, 0.1) is 5.52 Å². The highest BCUT2D eigenvalue weighted by atomic mass is 15.4. The standard InChI is InChI=1S/C21H21N5/c1-15-8-7-13-25(14-15)20-17-11-5-6-12-18(17)26-21(22-20)19(23-24-26)16-9-3-2-4-10-16/h2-6,9-12,15H,7-8,13-14H2,1H3. The van der Waals surface area contributed by atoms with Crippen LogP contribution in [0.2, 0.25) is 0 Å². The van der Waals surface area contributed by atoms with Crippen LogP contribution in [0.4, 0.5) is 5.82 Å². The molecule has 4 aromatic rings. The number of nitrogens with zero attached hydrogens (tertiary/aromatic N) is 5. The van der Waals surface area contributed by atoms with Gasteiger partial charge in [-0.1, -0.05) is 54.6 Å². The van der Waals surface area contributed by atoms with Gasteiger partial charge in [0.15, 0.2) is 5.65 Å². The topological polar surface area (TPSA) is 46.3 Å². The van der Waals surface area contributed by atoms with Crippen molar-refractivity contribution in [1.29, 1.82) is 0 Å². The number of hydrogen-bond donors (Lipinski definition) is 0. The Morgan fingerprint density at radius 1 is 1.00 bits per heavy atom. The third-order valence-corrected chi connectivity index (χ3v) is 5.24. The third kappa shape index (κ3) is 2.43. The molecule has 0 aliphatic carbocycles. The lowest BCUT2D eigenvalue weighted by atomic mass is 10.00. The second kappa shape index (κ2) is 6.09. The van der Waals surface area contributed by atoms with Gasteiger partial charge in [0, 0.05) is 24.0 Å². The minimum atomic E-state index is 0.692. The fourth-order valence-corrected chi connectivity index (χ4v) is 3.95. The summed E-state index contributed by atoms with van der Waals surface area (Å²) in [6.45, 7) is 4.43. The van der Waals surface area contributed by atoms with Crippen LogP contribution in [0.25, 0.3) is 27.8 Å². The molecule has 0 amide bonds. The van der Waals surface area contributed by atoms with Gasteiger partial charge >= 0.3 is 0 Å². The smallest absolute Gasteiger partial charge is 0.186 e. The van der Waals surface area contributed by atoms with Crippen molar-refractivity contribution >= 4 is 22.4 Å². The van der Waals surface area contributed by atoms with Crippen LogP contribution in [0.3, 0.4) is 0 Å². The maximum atomic E-state index is 5.06. The summed E-state index contributed by atoms with van der Waals surface area (Å²) in [4.78, 5) is 7.49. The van der Waals surface area contributed by atoms with Crippen molar-refractivity contribution in [2.24, 2.45) is 5.92 Å². The molecule has 1 atom stereocenters. The first-order valence-electron chi connectivity index (χ1n) is 9.26. The van der Waals surface area contributed by atoms with E-state index < -0.39 is 0 Å². The average Bonchev–Trinajstić information content (AvgIpc) is 3.12. The second-order valence-electron chi connectivity index (χ2n) is 7.19. The minimum Gasteiger partial charge on any atom is -0.356 e. The Morgan fingerprint density at radius 3 is 2.65 bits per heavy atom. The number of anilines is 1. The maximum absolute atomic E-state index is 5.06. The van der Waals surface area contributed by atoms with Crippen LogP contribution in [0.1, 0.15) is 19.8 Å². The molecule has 0 spiro atoms. The van der Waals surface area contributed by atoms with Crippen LogP contribution < -0.4 is 4.90 Å². The molecule has 0 bridgehead atoms. The van der Waals surface area contributed by atoms with Gasteiger partial charge in [-0.25, -0.2) is 4.98 Å². The number of rotatable bonds is 2. The summed E-state index contributed by atoms with van der Waals surface area (Å²) in [6, 6.07) is 18.5. The quantitative estimate of drug-likeness (QED) is 0.548. The molecule has 3 heterocycles. The van der Waals surface area contributed by atoms with E-state index in [0.717, 1.165) is 46.7 Å². The van der Waals surface area contributed by atoms with Gasteiger partial charge < -0.3 is 4.90 Å². The van der Waals surface area contributed by atoms with E-state index >= 15 is 0 Å². The van der Waals surface area contributed by atoms with Crippen LogP contribution in [-0.4, -0.2) is 32.9 Å². The fourth-order valence-electron chi connectivity index (χ4n) is 3.95. The van der Waals surface area contributed by atoms with Crippen LogP contribution >= 0.6 is 0 Å². The molecule has 1 saturated heterocycles. The zero-order chi connectivity index (χ0) is 17.5. The highest BCUT2D eigenvalue weighted by Gasteiger charge is 2.22. The monoisotopic (exact) mass is 343 g/mol. The normalized spacial score (nSPS) is 17.9. The summed E-state index contributed by atoms with van der Waals surface area (Å²) in [5, 5.41) is 10.00. The Balaban J connectivity index is 1.77. The van der Waals surface area contributed by atoms with Crippen LogP contribution in [0.5, 0.6) is 0 Å². The van der Waals surface area contributed by atoms with Gasteiger partial charge in [0.1, 0.15) is 11.5 Å². The average molecular weight is 343 g/mol. The Bertz CT molecular complexity index is 1070. The van der Waals surface area contributed by atoms with E-state index in [4.69, 9.17) is 4.98 Å². The molecular weight excluding hydrogens is 322 g/mol. The molecule has 5 nitrogen and oxygen atoms in total. The van der Waals surface area contributed by atoms with Gasteiger partial charge in [-0.05, 0) is 30.9 Å². The van der Waals surface area contributed by atoms with Crippen molar-refractivity contribution in [3.63, 3.8) is 0 Å². The second-order valence-corrected chi connectivity index (χ2v) is 7.19. The molecule has 2 aromatic heterocycles. The van der Waals surface area contributed by atoms with Crippen LogP contribution in [0.15, 0.2) is 54.6 Å². The zero-order valence-corrected chi connectivity index (χ0v) is 14.8. The number of hydrogen-bond acceptors (Lipinski definition) is 4. The van der Waals surface area contributed by atoms with Crippen molar-refractivity contribution in [1.82, 2.24) is 19.8 Å². The highest BCUT2D eigenvalue weighted by Crippen LogP contribution is 2.31. The van der Waals surface area contributed by atoms with E-state index in [1.165, 1.54) is 12.8 Å². The van der Waals surface area contributed by atoms with E-state index in [-0.39, 0.29) is 0 Å². The molecule has 1 fully saturated rings. The maximum Gasteiger partial charge on any atom is 0.186 e. The SMILES string of the molecule is CC1CCCN(c2nc3c(-c4ccccc4)nnn3c3ccccc23)C1. The Hall–Kier alpha value is -2.95. The van der Waals surface area contributed by atoms with Crippen molar-refractivity contribution in [2.45, 2.75) is 19.8 Å². The lowest BCUT2D eigenvalue weighted by Gasteiger charge is -2.32. The molecule has 0 saturated carbocycles. The Morgan fingerprint density at radius 2 is 1.81 bits per heavy atom. The van der Waals surface area contributed by atoms with E-state index in [1.54, 1.807) is 0 Å². The zero-order valence-electron chi connectivity index (χ0n) is 14.8. The van der Waals surface area contributed by atoms with Crippen molar-refractivity contribution in [3.05, 3.63) is 54.6 Å².